The van der Waals surface area contributed by atoms with E-state index in [2.05, 4.69) is 221 Å². The van der Waals surface area contributed by atoms with Crippen molar-refractivity contribution in [2.24, 2.45) is 11.8 Å². The first kappa shape index (κ1) is 45.2. The molecule has 0 N–H and O–H groups in total. The van der Waals surface area contributed by atoms with Gasteiger partial charge in [-0.2, -0.15) is 41.6 Å². The van der Waals surface area contributed by atoms with Gasteiger partial charge in [-0.15, -0.1) is 74.6 Å². The van der Waals surface area contributed by atoms with Crippen molar-refractivity contribution in [3.8, 4) is 33.4 Å². The van der Waals surface area contributed by atoms with Crippen LogP contribution in [0.3, 0.4) is 0 Å². The SMILES string of the molecule is CC(C)Cc1cc2c(-c3ccccc3C(C)(C)C)cccc2[cH-]1.CC(C)Cc1cc2c(-c3ccccc3C(C)(C)C)cccc2[cH-]1.[Hf].[c-]1cccc2c1[Si]c1ccccc1-2. The number of fused-ring (bicyclic) bond motifs is 5. The molecule has 0 nitrogen and oxygen atoms in total. The fraction of sp³-hybridized carbons (Fsp3) is 0.276. The molecule has 0 saturated carbocycles. The van der Waals surface area contributed by atoms with Gasteiger partial charge in [-0.1, -0.05) is 176 Å². The Morgan fingerprint density at radius 3 is 1.37 bits per heavy atom. The van der Waals surface area contributed by atoms with E-state index in [0.29, 0.717) is 11.8 Å². The van der Waals surface area contributed by atoms with E-state index in [-0.39, 0.29) is 36.7 Å². The van der Waals surface area contributed by atoms with Gasteiger partial charge in [0.2, 0.25) is 0 Å². The summed E-state index contributed by atoms with van der Waals surface area (Å²) in [6.07, 6.45) is 2.30. The van der Waals surface area contributed by atoms with E-state index in [1.807, 2.05) is 6.07 Å². The molecule has 1 aliphatic rings. The maximum Gasteiger partial charge on any atom is 0.0920 e. The van der Waals surface area contributed by atoms with Crippen LogP contribution in [0.15, 0.2) is 152 Å². The molecule has 0 aromatic heterocycles. The topological polar surface area (TPSA) is 0 Å². The molecule has 8 aromatic carbocycles. The van der Waals surface area contributed by atoms with E-state index < -0.39 is 0 Å². The van der Waals surface area contributed by atoms with E-state index in [1.165, 1.54) is 87.6 Å². The van der Waals surface area contributed by atoms with Crippen molar-refractivity contribution in [2.75, 3.05) is 0 Å². The number of rotatable bonds is 6. The first-order chi connectivity index (χ1) is 28.2. The Labute approximate surface area is 382 Å². The van der Waals surface area contributed by atoms with E-state index in [1.54, 1.807) is 0 Å². The van der Waals surface area contributed by atoms with Gasteiger partial charge in [0.05, 0.1) is 9.52 Å². The third kappa shape index (κ3) is 10.4. The van der Waals surface area contributed by atoms with Gasteiger partial charge in [0.25, 0.3) is 0 Å². The molecule has 0 spiro atoms. The third-order valence-electron chi connectivity index (χ3n) is 11.3. The fourth-order valence-electron chi connectivity index (χ4n) is 8.71. The van der Waals surface area contributed by atoms with Gasteiger partial charge in [0.15, 0.2) is 0 Å². The Kier molecular flexibility index (Phi) is 14.4. The number of hydrogen-bond donors (Lipinski definition) is 0. The van der Waals surface area contributed by atoms with Crippen molar-refractivity contribution in [1.82, 2.24) is 0 Å². The summed E-state index contributed by atoms with van der Waals surface area (Å²) in [7, 11) is 0.795. The van der Waals surface area contributed by atoms with E-state index in [9.17, 15) is 0 Å². The number of benzene rings is 6. The van der Waals surface area contributed by atoms with Crippen molar-refractivity contribution in [3.05, 3.63) is 180 Å². The van der Waals surface area contributed by atoms with Gasteiger partial charge in [-0.05, 0) is 57.8 Å². The second-order valence-corrected chi connectivity index (χ2v) is 20.5. The van der Waals surface area contributed by atoms with Gasteiger partial charge in [-0.25, -0.2) is 0 Å². The monoisotopic (exact) mass is 965 g/mol. The van der Waals surface area contributed by atoms with Gasteiger partial charge in [-0.3, -0.25) is 0 Å². The van der Waals surface area contributed by atoms with Crippen molar-refractivity contribution >= 4 is 41.4 Å². The molecule has 304 valence electrons. The molecule has 0 fully saturated rings. The average Bonchev–Trinajstić information content (AvgIpc) is 3.91. The third-order valence-corrected chi connectivity index (χ3v) is 12.7. The van der Waals surface area contributed by atoms with Crippen molar-refractivity contribution in [1.29, 1.82) is 0 Å². The fourth-order valence-corrected chi connectivity index (χ4v) is 10.0. The Balaban J connectivity index is 0.000000155. The van der Waals surface area contributed by atoms with Crippen LogP contribution in [-0.2, 0) is 49.5 Å². The predicted molar refractivity (Wildman–Crippen MR) is 260 cm³/mol. The van der Waals surface area contributed by atoms with Crippen molar-refractivity contribution in [3.63, 3.8) is 0 Å². The van der Waals surface area contributed by atoms with Crippen LogP contribution >= 0.6 is 0 Å². The summed E-state index contributed by atoms with van der Waals surface area (Å²) in [5.74, 6) is 1.38. The van der Waals surface area contributed by atoms with Gasteiger partial charge in [0, 0.05) is 25.8 Å². The molecule has 0 unspecified atom stereocenters. The second kappa shape index (κ2) is 19.1. The maximum absolute atomic E-state index is 3.31. The molecule has 2 radical (unpaired) electrons. The van der Waals surface area contributed by atoms with Crippen LogP contribution in [0.1, 0.15) is 91.5 Å². The average molecular weight is 965 g/mol. The summed E-state index contributed by atoms with van der Waals surface area (Å²) in [6.45, 7) is 22.9. The second-order valence-electron chi connectivity index (χ2n) is 19.3. The van der Waals surface area contributed by atoms with Gasteiger partial charge >= 0.3 is 0 Å². The molecule has 2 heteroatoms. The minimum absolute atomic E-state index is 0. The van der Waals surface area contributed by atoms with E-state index >= 15 is 0 Å². The van der Waals surface area contributed by atoms with Crippen LogP contribution in [0, 0.1) is 17.9 Å². The molecule has 9 rings (SSSR count). The van der Waals surface area contributed by atoms with E-state index in [4.69, 9.17) is 0 Å². The standard InChI is InChI=1S/2C23H27.C12H7Si.Hf/c2*1-16(2)13-17-14-18-9-8-11-19(21(18)15-17)20-10-6-7-12-22(20)23(3,4)5;1-3-7-11-9(5-1)10-6-2-4-8-12(10)13-11;/h2*6-12,14-16H,13H2,1-5H3;1-7H;/q3*-1;. The zero-order valence-corrected chi connectivity index (χ0v) is 42.1. The first-order valence-electron chi connectivity index (χ1n) is 21.6. The summed E-state index contributed by atoms with van der Waals surface area (Å²) in [4.78, 5) is 0. The van der Waals surface area contributed by atoms with Crippen molar-refractivity contribution < 1.29 is 25.8 Å². The summed E-state index contributed by atoms with van der Waals surface area (Å²) in [5.41, 5.74) is 14.3. The van der Waals surface area contributed by atoms with Crippen LogP contribution in [0.4, 0.5) is 0 Å². The first-order valence-corrected chi connectivity index (χ1v) is 22.6. The minimum Gasteiger partial charge on any atom is -0.184 e. The zero-order chi connectivity index (χ0) is 41.9. The number of hydrogen-bond acceptors (Lipinski definition) is 0. The van der Waals surface area contributed by atoms with Crippen molar-refractivity contribution in [2.45, 2.75) is 92.9 Å². The normalized spacial score (nSPS) is 12.1. The van der Waals surface area contributed by atoms with Crippen LogP contribution in [-0.4, -0.2) is 9.52 Å². The minimum atomic E-state index is 0. The van der Waals surface area contributed by atoms with Crippen LogP contribution in [0.5, 0.6) is 0 Å². The van der Waals surface area contributed by atoms with Crippen LogP contribution in [0.25, 0.3) is 54.9 Å². The molecule has 0 aliphatic carbocycles. The smallest absolute Gasteiger partial charge is 0.0920 e. The molecule has 1 aliphatic heterocycles. The Morgan fingerprint density at radius 1 is 0.483 bits per heavy atom. The zero-order valence-electron chi connectivity index (χ0n) is 37.5. The Bertz CT molecular complexity index is 2480. The molecule has 8 aromatic rings. The summed E-state index contributed by atoms with van der Waals surface area (Å²) in [5, 5.41) is 8.33. The quantitative estimate of drug-likeness (QED) is 0.115. The van der Waals surface area contributed by atoms with E-state index in [0.717, 1.165) is 22.4 Å². The molecule has 60 heavy (non-hydrogen) atoms. The molecule has 1 heterocycles. The largest absolute Gasteiger partial charge is 0.184 e. The van der Waals surface area contributed by atoms with Gasteiger partial charge in [0.1, 0.15) is 0 Å². The van der Waals surface area contributed by atoms with Crippen LogP contribution in [0.2, 0.25) is 0 Å². The summed E-state index contributed by atoms with van der Waals surface area (Å²) >= 11 is 0. The van der Waals surface area contributed by atoms with Crippen LogP contribution < -0.4 is 10.4 Å². The molecule has 0 bridgehead atoms. The Morgan fingerprint density at radius 2 is 0.900 bits per heavy atom. The van der Waals surface area contributed by atoms with Gasteiger partial charge < -0.3 is 0 Å². The molecule has 0 atom stereocenters. The summed E-state index contributed by atoms with van der Waals surface area (Å²) in [6, 6.07) is 58.8. The summed E-state index contributed by atoms with van der Waals surface area (Å²) < 4.78 is 0. The predicted octanol–water partition coefficient (Wildman–Crippen LogP) is 14.6. The molecule has 0 saturated heterocycles. The molecule has 0 amide bonds. The maximum atomic E-state index is 3.31. The molecular weight excluding hydrogens is 903 g/mol. The molecular formula is C58H61HfSi-3. The Hall–Kier alpha value is -4.37.